The van der Waals surface area contributed by atoms with Crippen LogP contribution >= 0.6 is 0 Å². The van der Waals surface area contributed by atoms with Crippen molar-refractivity contribution >= 4 is 0 Å². The van der Waals surface area contributed by atoms with Crippen molar-refractivity contribution in [2.24, 2.45) is 5.92 Å². The lowest BCUT2D eigenvalue weighted by atomic mass is 10.1. The van der Waals surface area contributed by atoms with Crippen LogP contribution in [0.2, 0.25) is 0 Å². The highest BCUT2D eigenvalue weighted by molar-refractivity contribution is 5.25. The van der Waals surface area contributed by atoms with Gasteiger partial charge in [0.15, 0.2) is 0 Å². The second kappa shape index (κ2) is 10.6. The molecule has 0 saturated heterocycles. The predicted octanol–water partition coefficient (Wildman–Crippen LogP) is 4.48. The SMILES string of the molecule is C\C=C/C=C(\C=C/C)CN(C/C=C(\C)O)CC(C)C. The maximum atomic E-state index is 9.31. The molecule has 0 spiro atoms. The molecule has 0 aliphatic carbocycles. The number of hydrogen-bond acceptors (Lipinski definition) is 2. The molecule has 0 aliphatic rings. The van der Waals surface area contributed by atoms with Crippen LogP contribution in [0.1, 0.15) is 34.6 Å². The Morgan fingerprint density at radius 2 is 1.89 bits per heavy atom. The minimum Gasteiger partial charge on any atom is -0.513 e. The van der Waals surface area contributed by atoms with Crippen molar-refractivity contribution in [3.05, 3.63) is 47.8 Å². The van der Waals surface area contributed by atoms with E-state index in [1.54, 1.807) is 6.92 Å². The van der Waals surface area contributed by atoms with Gasteiger partial charge in [-0.1, -0.05) is 44.2 Å². The van der Waals surface area contributed by atoms with Crippen LogP contribution in [0.15, 0.2) is 47.8 Å². The second-order valence-electron chi connectivity index (χ2n) is 5.20. The highest BCUT2D eigenvalue weighted by Gasteiger charge is 2.07. The quantitative estimate of drug-likeness (QED) is 0.515. The summed E-state index contributed by atoms with van der Waals surface area (Å²) in [6.45, 7) is 12.9. The lowest BCUT2D eigenvalue weighted by Gasteiger charge is -2.23. The van der Waals surface area contributed by atoms with Gasteiger partial charge in [-0.25, -0.2) is 0 Å². The van der Waals surface area contributed by atoms with E-state index in [-0.39, 0.29) is 0 Å². The molecule has 0 unspecified atom stereocenters. The minimum atomic E-state index is 0.388. The Hall–Kier alpha value is -1.28. The van der Waals surface area contributed by atoms with Crippen molar-refractivity contribution in [1.29, 1.82) is 0 Å². The summed E-state index contributed by atoms with van der Waals surface area (Å²) < 4.78 is 0. The van der Waals surface area contributed by atoms with Crippen molar-refractivity contribution in [2.75, 3.05) is 19.6 Å². The van der Waals surface area contributed by atoms with Crippen LogP contribution in [0.4, 0.5) is 0 Å². The number of hydrogen-bond donors (Lipinski definition) is 1. The van der Waals surface area contributed by atoms with Gasteiger partial charge >= 0.3 is 0 Å². The molecule has 0 rings (SSSR count). The van der Waals surface area contributed by atoms with Gasteiger partial charge < -0.3 is 5.11 Å². The second-order valence-corrected chi connectivity index (χ2v) is 5.20. The van der Waals surface area contributed by atoms with Crippen LogP contribution in [-0.2, 0) is 0 Å². The molecule has 0 heterocycles. The van der Waals surface area contributed by atoms with Crippen molar-refractivity contribution < 1.29 is 5.11 Å². The first-order valence-corrected chi connectivity index (χ1v) is 7.02. The van der Waals surface area contributed by atoms with Crippen molar-refractivity contribution in [3.63, 3.8) is 0 Å². The van der Waals surface area contributed by atoms with Gasteiger partial charge in [0.25, 0.3) is 0 Å². The van der Waals surface area contributed by atoms with Gasteiger partial charge in [0.2, 0.25) is 0 Å². The van der Waals surface area contributed by atoms with Gasteiger partial charge in [0, 0.05) is 19.6 Å². The largest absolute Gasteiger partial charge is 0.513 e. The van der Waals surface area contributed by atoms with E-state index < -0.39 is 0 Å². The van der Waals surface area contributed by atoms with E-state index in [0.717, 1.165) is 19.6 Å². The van der Waals surface area contributed by atoms with E-state index in [2.05, 4.69) is 43.1 Å². The predicted molar refractivity (Wildman–Crippen MR) is 85.4 cm³/mol. The molecular formula is C17H29NO. The zero-order valence-electron chi connectivity index (χ0n) is 13.1. The fraction of sp³-hybridized carbons (Fsp3) is 0.529. The zero-order valence-corrected chi connectivity index (χ0v) is 13.1. The van der Waals surface area contributed by atoms with E-state index >= 15 is 0 Å². The standard InChI is InChI=1S/C17H29NO/c1-6-8-10-17(9-7-2)14-18(13-15(3)4)12-11-16(5)19/h6-11,15,19H,12-14H2,1-5H3/b8-6-,9-7-,16-11+,17-10+. The van der Waals surface area contributed by atoms with Crippen molar-refractivity contribution in [1.82, 2.24) is 4.90 Å². The molecule has 0 bridgehead atoms. The molecule has 2 nitrogen and oxygen atoms in total. The first-order valence-electron chi connectivity index (χ1n) is 7.02. The number of aliphatic hydroxyl groups excluding tert-OH is 1. The summed E-state index contributed by atoms with van der Waals surface area (Å²) in [4.78, 5) is 2.35. The highest BCUT2D eigenvalue weighted by Crippen LogP contribution is 2.07. The van der Waals surface area contributed by atoms with Crippen molar-refractivity contribution in [2.45, 2.75) is 34.6 Å². The number of allylic oxidation sites excluding steroid dienone is 5. The van der Waals surface area contributed by atoms with Gasteiger partial charge in [-0.15, -0.1) is 0 Å². The third-order valence-electron chi connectivity index (χ3n) is 2.56. The Morgan fingerprint density at radius 1 is 1.21 bits per heavy atom. The van der Waals surface area contributed by atoms with Gasteiger partial charge in [-0.05, 0) is 38.3 Å². The topological polar surface area (TPSA) is 23.5 Å². The molecule has 19 heavy (non-hydrogen) atoms. The highest BCUT2D eigenvalue weighted by atomic mass is 16.3. The van der Waals surface area contributed by atoms with Crippen LogP contribution in [0.25, 0.3) is 0 Å². The summed E-state index contributed by atoms with van der Waals surface area (Å²) in [7, 11) is 0. The van der Waals surface area contributed by atoms with E-state index in [1.807, 2.05) is 26.0 Å². The maximum absolute atomic E-state index is 9.31. The maximum Gasteiger partial charge on any atom is 0.0864 e. The summed E-state index contributed by atoms with van der Waals surface area (Å²) in [6, 6.07) is 0. The molecule has 1 N–H and O–H groups in total. The van der Waals surface area contributed by atoms with E-state index in [4.69, 9.17) is 0 Å². The summed E-state index contributed by atoms with van der Waals surface area (Å²) in [5.41, 5.74) is 1.28. The fourth-order valence-electron chi connectivity index (χ4n) is 1.83. The monoisotopic (exact) mass is 263 g/mol. The molecule has 0 aromatic heterocycles. The van der Waals surface area contributed by atoms with E-state index in [1.165, 1.54) is 5.57 Å². The summed E-state index contributed by atoms with van der Waals surface area (Å²) in [6.07, 6.45) is 12.3. The smallest absolute Gasteiger partial charge is 0.0864 e. The average Bonchev–Trinajstić information content (AvgIpc) is 2.32. The molecular weight excluding hydrogens is 234 g/mol. The first kappa shape index (κ1) is 17.7. The molecule has 0 fully saturated rings. The molecule has 0 radical (unpaired) electrons. The minimum absolute atomic E-state index is 0.388. The third kappa shape index (κ3) is 10.3. The summed E-state index contributed by atoms with van der Waals surface area (Å²) in [5.74, 6) is 1.000. The molecule has 0 aliphatic heterocycles. The Morgan fingerprint density at radius 3 is 2.37 bits per heavy atom. The first-order chi connectivity index (χ1) is 8.99. The van der Waals surface area contributed by atoms with Gasteiger partial charge in [0.05, 0.1) is 5.76 Å². The van der Waals surface area contributed by atoms with E-state index in [9.17, 15) is 5.11 Å². The van der Waals surface area contributed by atoms with Gasteiger partial charge in [0.1, 0.15) is 0 Å². The molecule has 0 atom stereocenters. The van der Waals surface area contributed by atoms with E-state index in [0.29, 0.717) is 11.7 Å². The van der Waals surface area contributed by atoms with Crippen molar-refractivity contribution in [3.8, 4) is 0 Å². The molecule has 108 valence electrons. The molecule has 0 aromatic carbocycles. The molecule has 0 amide bonds. The van der Waals surface area contributed by atoms with Crippen LogP contribution in [0.3, 0.4) is 0 Å². The Kier molecular flexibility index (Phi) is 9.91. The van der Waals surface area contributed by atoms with Crippen LogP contribution in [0, 0.1) is 5.92 Å². The molecule has 0 saturated carbocycles. The lowest BCUT2D eigenvalue weighted by molar-refractivity contribution is 0.286. The lowest BCUT2D eigenvalue weighted by Crippen LogP contribution is -2.30. The molecule has 0 aromatic rings. The number of rotatable bonds is 8. The van der Waals surface area contributed by atoms with Gasteiger partial charge in [-0.3, -0.25) is 4.90 Å². The zero-order chi connectivity index (χ0) is 14.7. The summed E-state index contributed by atoms with van der Waals surface area (Å²) in [5, 5.41) is 9.31. The fourth-order valence-corrected chi connectivity index (χ4v) is 1.83. The normalized spacial score (nSPS) is 14.5. The number of nitrogens with zero attached hydrogens (tertiary/aromatic N) is 1. The van der Waals surface area contributed by atoms with Crippen LogP contribution < -0.4 is 0 Å². The van der Waals surface area contributed by atoms with Gasteiger partial charge in [-0.2, -0.15) is 0 Å². The Bertz CT molecular complexity index is 344. The Balaban J connectivity index is 4.78. The summed E-state index contributed by atoms with van der Waals surface area (Å²) >= 11 is 0. The third-order valence-corrected chi connectivity index (χ3v) is 2.56. The molecule has 2 heteroatoms. The Labute approximate surface area is 118 Å². The van der Waals surface area contributed by atoms with Crippen LogP contribution in [0.5, 0.6) is 0 Å². The van der Waals surface area contributed by atoms with Crippen LogP contribution in [-0.4, -0.2) is 29.6 Å². The number of aliphatic hydroxyl groups is 1. The average molecular weight is 263 g/mol.